The van der Waals surface area contributed by atoms with Gasteiger partial charge in [0.2, 0.25) is 17.6 Å². The van der Waals surface area contributed by atoms with Gasteiger partial charge in [0.25, 0.3) is 0 Å². The molecule has 0 radical (unpaired) electrons. The first-order valence-electron chi connectivity index (χ1n) is 7.95. The summed E-state index contributed by atoms with van der Waals surface area (Å²) in [5, 5.41) is 6.82. The van der Waals surface area contributed by atoms with Crippen molar-refractivity contribution in [3.05, 3.63) is 30.4 Å². The SMILES string of the molecule is CCN(CC)CCNC(=O)CCc1nc(-c2cccnc2)no1. The van der Waals surface area contributed by atoms with Crippen LogP contribution in [0.1, 0.15) is 26.2 Å². The average molecular weight is 317 g/mol. The van der Waals surface area contributed by atoms with Crippen LogP contribution in [0, 0.1) is 0 Å². The van der Waals surface area contributed by atoms with Crippen LogP contribution in [0.3, 0.4) is 0 Å². The molecule has 0 bridgehead atoms. The maximum absolute atomic E-state index is 11.8. The molecular formula is C16H23N5O2. The number of hydrogen-bond acceptors (Lipinski definition) is 6. The van der Waals surface area contributed by atoms with Gasteiger partial charge in [-0.2, -0.15) is 4.98 Å². The number of nitrogens with one attached hydrogen (secondary N) is 1. The fraction of sp³-hybridized carbons (Fsp3) is 0.500. The highest BCUT2D eigenvalue weighted by molar-refractivity contribution is 5.76. The summed E-state index contributed by atoms with van der Waals surface area (Å²) in [6, 6.07) is 3.68. The normalized spacial score (nSPS) is 10.9. The highest BCUT2D eigenvalue weighted by Gasteiger charge is 2.10. The number of aryl methyl sites for hydroxylation is 1. The van der Waals surface area contributed by atoms with Crippen LogP contribution in [-0.2, 0) is 11.2 Å². The Morgan fingerprint density at radius 2 is 2.17 bits per heavy atom. The Morgan fingerprint density at radius 1 is 1.35 bits per heavy atom. The zero-order valence-corrected chi connectivity index (χ0v) is 13.7. The van der Waals surface area contributed by atoms with E-state index < -0.39 is 0 Å². The molecule has 124 valence electrons. The maximum Gasteiger partial charge on any atom is 0.227 e. The Balaban J connectivity index is 1.74. The van der Waals surface area contributed by atoms with E-state index in [1.54, 1.807) is 12.4 Å². The third kappa shape index (κ3) is 5.45. The molecule has 0 spiro atoms. The lowest BCUT2D eigenvalue weighted by Crippen LogP contribution is -2.34. The standard InChI is InChI=1S/C16H23N5O2/c1-3-21(4-2)11-10-18-14(22)7-8-15-19-16(20-23-15)13-6-5-9-17-12-13/h5-6,9,12H,3-4,7-8,10-11H2,1-2H3,(H,18,22). The summed E-state index contributed by atoms with van der Waals surface area (Å²) >= 11 is 0. The predicted octanol–water partition coefficient (Wildman–Crippen LogP) is 1.52. The van der Waals surface area contributed by atoms with Crippen molar-refractivity contribution in [1.29, 1.82) is 0 Å². The fourth-order valence-electron chi connectivity index (χ4n) is 2.17. The van der Waals surface area contributed by atoms with Crippen molar-refractivity contribution < 1.29 is 9.32 Å². The molecule has 0 aromatic carbocycles. The van der Waals surface area contributed by atoms with Gasteiger partial charge in [-0.05, 0) is 25.2 Å². The minimum absolute atomic E-state index is 0.00159. The van der Waals surface area contributed by atoms with Crippen molar-refractivity contribution in [3.63, 3.8) is 0 Å². The van der Waals surface area contributed by atoms with Gasteiger partial charge >= 0.3 is 0 Å². The van der Waals surface area contributed by atoms with Gasteiger partial charge in [-0.15, -0.1) is 0 Å². The van der Waals surface area contributed by atoms with Crippen molar-refractivity contribution in [1.82, 2.24) is 25.3 Å². The average Bonchev–Trinajstić information content (AvgIpc) is 3.07. The van der Waals surface area contributed by atoms with Crippen molar-refractivity contribution in [2.75, 3.05) is 26.2 Å². The molecule has 0 aliphatic carbocycles. The van der Waals surface area contributed by atoms with Crippen LogP contribution < -0.4 is 5.32 Å². The number of aromatic nitrogens is 3. The van der Waals surface area contributed by atoms with Gasteiger partial charge in [0.15, 0.2) is 0 Å². The number of likely N-dealkylation sites (N-methyl/N-ethyl adjacent to an activating group) is 1. The molecule has 0 aliphatic rings. The molecule has 23 heavy (non-hydrogen) atoms. The Labute approximate surface area is 136 Å². The molecule has 7 nitrogen and oxygen atoms in total. The molecule has 7 heteroatoms. The van der Waals surface area contributed by atoms with Gasteiger partial charge in [0.1, 0.15) is 0 Å². The molecule has 1 amide bonds. The number of nitrogens with zero attached hydrogens (tertiary/aromatic N) is 4. The van der Waals surface area contributed by atoms with Crippen LogP contribution >= 0.6 is 0 Å². The summed E-state index contributed by atoms with van der Waals surface area (Å²) in [5.74, 6) is 0.955. The molecule has 0 saturated heterocycles. The van der Waals surface area contributed by atoms with E-state index in [2.05, 4.69) is 39.2 Å². The Morgan fingerprint density at radius 3 is 2.87 bits per heavy atom. The van der Waals surface area contributed by atoms with Gasteiger partial charge in [-0.1, -0.05) is 19.0 Å². The van der Waals surface area contributed by atoms with Crippen molar-refractivity contribution in [2.24, 2.45) is 0 Å². The van der Waals surface area contributed by atoms with E-state index in [4.69, 9.17) is 4.52 Å². The Hall–Kier alpha value is -2.28. The molecule has 2 aromatic rings. The summed E-state index contributed by atoms with van der Waals surface area (Å²) in [6.45, 7) is 7.73. The third-order valence-corrected chi connectivity index (χ3v) is 3.60. The molecule has 0 aliphatic heterocycles. The highest BCUT2D eigenvalue weighted by atomic mass is 16.5. The van der Waals surface area contributed by atoms with Gasteiger partial charge in [-0.3, -0.25) is 9.78 Å². The van der Waals surface area contributed by atoms with Crippen LogP contribution in [0.25, 0.3) is 11.4 Å². The summed E-state index contributed by atoms with van der Waals surface area (Å²) in [7, 11) is 0. The quantitative estimate of drug-likeness (QED) is 0.755. The smallest absolute Gasteiger partial charge is 0.227 e. The van der Waals surface area contributed by atoms with Crippen LogP contribution in [-0.4, -0.2) is 52.1 Å². The van der Waals surface area contributed by atoms with E-state index in [1.165, 1.54) is 0 Å². The Kier molecular flexibility index (Phi) is 6.68. The van der Waals surface area contributed by atoms with E-state index in [-0.39, 0.29) is 5.91 Å². The minimum atomic E-state index is -0.00159. The lowest BCUT2D eigenvalue weighted by molar-refractivity contribution is -0.121. The molecular weight excluding hydrogens is 294 g/mol. The first-order valence-corrected chi connectivity index (χ1v) is 7.95. The first kappa shape index (κ1) is 17.1. The van der Waals surface area contributed by atoms with Crippen LogP contribution in [0.5, 0.6) is 0 Å². The molecule has 1 N–H and O–H groups in total. The van der Waals surface area contributed by atoms with Gasteiger partial charge in [0.05, 0.1) is 0 Å². The molecule has 2 heterocycles. The lowest BCUT2D eigenvalue weighted by Gasteiger charge is -2.17. The number of rotatable bonds is 9. The fourth-order valence-corrected chi connectivity index (χ4v) is 2.17. The van der Waals surface area contributed by atoms with Gasteiger partial charge in [0, 0.05) is 43.9 Å². The van der Waals surface area contributed by atoms with E-state index in [0.29, 0.717) is 31.1 Å². The van der Waals surface area contributed by atoms with E-state index in [0.717, 1.165) is 25.2 Å². The number of amides is 1. The van der Waals surface area contributed by atoms with Crippen LogP contribution in [0.15, 0.2) is 29.0 Å². The summed E-state index contributed by atoms with van der Waals surface area (Å²) < 4.78 is 5.17. The third-order valence-electron chi connectivity index (χ3n) is 3.60. The number of carbonyl (C=O) groups is 1. The van der Waals surface area contributed by atoms with Crippen LogP contribution in [0.2, 0.25) is 0 Å². The summed E-state index contributed by atoms with van der Waals surface area (Å²) in [5.41, 5.74) is 0.797. The second-order valence-electron chi connectivity index (χ2n) is 5.13. The molecule has 2 aromatic heterocycles. The van der Waals surface area contributed by atoms with E-state index >= 15 is 0 Å². The van der Waals surface area contributed by atoms with E-state index in [1.807, 2.05) is 12.1 Å². The topological polar surface area (TPSA) is 84.2 Å². The van der Waals surface area contributed by atoms with Crippen LogP contribution in [0.4, 0.5) is 0 Å². The number of carbonyl (C=O) groups excluding carboxylic acids is 1. The van der Waals surface area contributed by atoms with Gasteiger partial charge < -0.3 is 14.7 Å². The van der Waals surface area contributed by atoms with Gasteiger partial charge in [-0.25, -0.2) is 0 Å². The van der Waals surface area contributed by atoms with Crippen molar-refractivity contribution in [3.8, 4) is 11.4 Å². The monoisotopic (exact) mass is 317 g/mol. The minimum Gasteiger partial charge on any atom is -0.355 e. The van der Waals surface area contributed by atoms with E-state index in [9.17, 15) is 4.79 Å². The summed E-state index contributed by atoms with van der Waals surface area (Å²) in [6.07, 6.45) is 4.14. The van der Waals surface area contributed by atoms with Crippen molar-refractivity contribution >= 4 is 5.91 Å². The summed E-state index contributed by atoms with van der Waals surface area (Å²) in [4.78, 5) is 22.4. The number of pyridine rings is 1. The predicted molar refractivity (Wildman–Crippen MR) is 86.6 cm³/mol. The Bertz CT molecular complexity index is 596. The molecule has 0 saturated carbocycles. The number of hydrogen-bond donors (Lipinski definition) is 1. The first-order chi connectivity index (χ1) is 11.2. The highest BCUT2D eigenvalue weighted by Crippen LogP contribution is 2.14. The second-order valence-corrected chi connectivity index (χ2v) is 5.13. The molecule has 0 fully saturated rings. The molecule has 0 atom stereocenters. The zero-order chi connectivity index (χ0) is 16.5. The maximum atomic E-state index is 11.8. The largest absolute Gasteiger partial charge is 0.355 e. The van der Waals surface area contributed by atoms with Crippen molar-refractivity contribution in [2.45, 2.75) is 26.7 Å². The lowest BCUT2D eigenvalue weighted by atomic mass is 10.2. The molecule has 2 rings (SSSR count). The zero-order valence-electron chi connectivity index (χ0n) is 13.7. The molecule has 0 unspecified atom stereocenters. The second kappa shape index (κ2) is 8.99.